The van der Waals surface area contributed by atoms with Crippen LogP contribution in [0.1, 0.15) is 12.0 Å². The quantitative estimate of drug-likeness (QED) is 0.516. The topological polar surface area (TPSA) is 94.3 Å². The monoisotopic (exact) mass is 472 g/mol. The second-order valence-corrected chi connectivity index (χ2v) is 8.65. The number of nitrogens with zero attached hydrogens (tertiary/aromatic N) is 3. The van der Waals surface area contributed by atoms with Gasteiger partial charge in [-0.1, -0.05) is 47.5 Å². The first-order valence-electron chi connectivity index (χ1n) is 9.76. The average molecular weight is 473 g/mol. The molecule has 2 saturated heterocycles. The number of benzene rings is 2. The number of urea groups is 1. The highest BCUT2D eigenvalue weighted by molar-refractivity contribution is 6.35. The van der Waals surface area contributed by atoms with E-state index in [1.165, 1.54) is 23.1 Å². The van der Waals surface area contributed by atoms with E-state index in [2.05, 4.69) is 10.2 Å². The largest absolute Gasteiger partial charge is 0.387 e. The standard InChI is InChI=1S/C22H18Cl2N4O4/c1-25-16-4-2-13(3-5-16)9-22-10-17(26-19(30)12-29)11-27(22)21(32)28(20(22)31)18-7-14(23)6-15(24)8-18/h2-8,17,29H,9-12H2,(H,26,30). The molecule has 0 radical (unpaired) electrons. The van der Waals surface area contributed by atoms with Crippen LogP contribution in [0.2, 0.25) is 10.0 Å². The Hall–Kier alpha value is -3.12. The third kappa shape index (κ3) is 3.79. The molecular formula is C22H18Cl2N4O4. The minimum atomic E-state index is -1.24. The Morgan fingerprint density at radius 3 is 2.44 bits per heavy atom. The highest BCUT2D eigenvalue weighted by atomic mass is 35.5. The number of anilines is 1. The number of aliphatic hydroxyl groups is 1. The number of imide groups is 1. The van der Waals surface area contributed by atoms with E-state index in [9.17, 15) is 14.4 Å². The molecule has 8 nitrogen and oxygen atoms in total. The van der Waals surface area contributed by atoms with E-state index >= 15 is 0 Å². The zero-order valence-electron chi connectivity index (χ0n) is 16.7. The summed E-state index contributed by atoms with van der Waals surface area (Å²) in [5, 5.41) is 12.3. The summed E-state index contributed by atoms with van der Waals surface area (Å²) in [6.07, 6.45) is 0.380. The molecule has 4 amide bonds. The smallest absolute Gasteiger partial charge is 0.332 e. The maximum atomic E-state index is 13.7. The molecule has 2 aromatic rings. The summed E-state index contributed by atoms with van der Waals surface area (Å²) in [7, 11) is 0. The molecule has 2 heterocycles. The third-order valence-electron chi connectivity index (χ3n) is 5.70. The van der Waals surface area contributed by atoms with Crippen LogP contribution in [-0.2, 0) is 16.0 Å². The number of hydrogen-bond acceptors (Lipinski definition) is 4. The summed E-state index contributed by atoms with van der Waals surface area (Å²) in [4.78, 5) is 44.7. The van der Waals surface area contributed by atoms with Crippen LogP contribution in [0.4, 0.5) is 16.2 Å². The molecule has 2 atom stereocenters. The number of carbonyl (C=O) groups is 3. The van der Waals surface area contributed by atoms with Crippen molar-refractivity contribution in [3.05, 3.63) is 69.5 Å². The zero-order valence-corrected chi connectivity index (χ0v) is 18.2. The zero-order chi connectivity index (χ0) is 23.0. The first-order chi connectivity index (χ1) is 15.3. The van der Waals surface area contributed by atoms with E-state index in [0.29, 0.717) is 5.69 Å². The lowest BCUT2D eigenvalue weighted by molar-refractivity contribution is -0.125. The van der Waals surface area contributed by atoms with E-state index in [-0.39, 0.29) is 35.1 Å². The Balaban J connectivity index is 1.73. The van der Waals surface area contributed by atoms with E-state index in [0.717, 1.165) is 10.5 Å². The molecule has 0 saturated carbocycles. The van der Waals surface area contributed by atoms with Gasteiger partial charge in [-0.3, -0.25) is 9.59 Å². The van der Waals surface area contributed by atoms with Crippen molar-refractivity contribution in [2.75, 3.05) is 18.1 Å². The number of nitrogens with one attached hydrogen (secondary N) is 1. The van der Waals surface area contributed by atoms with Crippen LogP contribution in [0.5, 0.6) is 0 Å². The summed E-state index contributed by atoms with van der Waals surface area (Å²) in [6.45, 7) is 6.54. The number of fused-ring (bicyclic) bond motifs is 1. The minimum absolute atomic E-state index is 0.112. The lowest BCUT2D eigenvalue weighted by atomic mass is 9.87. The van der Waals surface area contributed by atoms with Crippen LogP contribution in [0, 0.1) is 6.57 Å². The fraction of sp³-hybridized carbons (Fsp3) is 0.273. The Bertz CT molecular complexity index is 1130. The molecule has 0 bridgehead atoms. The number of amides is 4. The third-order valence-corrected chi connectivity index (χ3v) is 6.14. The van der Waals surface area contributed by atoms with Crippen molar-refractivity contribution >= 4 is 52.4 Å². The normalized spacial score (nSPS) is 22.1. The van der Waals surface area contributed by atoms with E-state index in [1.54, 1.807) is 24.3 Å². The van der Waals surface area contributed by atoms with E-state index < -0.39 is 36.0 Å². The molecule has 164 valence electrons. The lowest BCUT2D eigenvalue weighted by Gasteiger charge is -2.28. The molecule has 2 aliphatic heterocycles. The summed E-state index contributed by atoms with van der Waals surface area (Å²) >= 11 is 12.2. The summed E-state index contributed by atoms with van der Waals surface area (Å²) in [5.41, 5.74) is 0.264. The maximum absolute atomic E-state index is 13.7. The highest BCUT2D eigenvalue weighted by Crippen LogP contribution is 2.43. The van der Waals surface area contributed by atoms with Crippen molar-refractivity contribution < 1.29 is 19.5 Å². The molecule has 2 unspecified atom stereocenters. The van der Waals surface area contributed by atoms with Gasteiger partial charge in [0.2, 0.25) is 5.91 Å². The van der Waals surface area contributed by atoms with Gasteiger partial charge in [-0.2, -0.15) is 0 Å². The minimum Gasteiger partial charge on any atom is -0.387 e. The predicted octanol–water partition coefficient (Wildman–Crippen LogP) is 3.18. The molecule has 2 aromatic carbocycles. The van der Waals surface area contributed by atoms with Crippen molar-refractivity contribution in [3.8, 4) is 0 Å². The maximum Gasteiger partial charge on any atom is 0.332 e. The first kappa shape index (κ1) is 22.1. The Labute approximate surface area is 194 Å². The second-order valence-electron chi connectivity index (χ2n) is 7.77. The number of carbonyl (C=O) groups excluding carboxylic acids is 3. The van der Waals surface area contributed by atoms with Crippen LogP contribution in [-0.4, -0.2) is 52.6 Å². The molecular weight excluding hydrogens is 455 g/mol. The van der Waals surface area contributed by atoms with Gasteiger partial charge < -0.3 is 15.3 Å². The number of aliphatic hydroxyl groups excluding tert-OH is 1. The fourth-order valence-electron chi connectivity index (χ4n) is 4.39. The molecule has 32 heavy (non-hydrogen) atoms. The fourth-order valence-corrected chi connectivity index (χ4v) is 4.91. The number of halogens is 2. The van der Waals surface area contributed by atoms with Crippen molar-refractivity contribution in [3.63, 3.8) is 0 Å². The molecule has 2 fully saturated rings. The van der Waals surface area contributed by atoms with Gasteiger partial charge in [0.1, 0.15) is 12.1 Å². The summed E-state index contributed by atoms with van der Waals surface area (Å²) in [5.74, 6) is -1.03. The molecule has 4 rings (SSSR count). The van der Waals surface area contributed by atoms with Crippen molar-refractivity contribution in [2.24, 2.45) is 0 Å². The van der Waals surface area contributed by atoms with Crippen LogP contribution in [0.3, 0.4) is 0 Å². The Kier molecular flexibility index (Phi) is 5.82. The second kappa shape index (κ2) is 8.43. The van der Waals surface area contributed by atoms with E-state index in [4.69, 9.17) is 34.9 Å². The number of rotatable bonds is 5. The summed E-state index contributed by atoms with van der Waals surface area (Å²) in [6, 6.07) is 10.3. The van der Waals surface area contributed by atoms with Gasteiger partial charge in [0.25, 0.3) is 5.91 Å². The van der Waals surface area contributed by atoms with Crippen LogP contribution < -0.4 is 10.2 Å². The lowest BCUT2D eigenvalue weighted by Crippen LogP contribution is -2.47. The van der Waals surface area contributed by atoms with Crippen LogP contribution in [0.15, 0.2) is 42.5 Å². The Morgan fingerprint density at radius 2 is 1.84 bits per heavy atom. The van der Waals surface area contributed by atoms with E-state index in [1.807, 2.05) is 0 Å². The summed E-state index contributed by atoms with van der Waals surface area (Å²) < 4.78 is 0. The molecule has 2 aliphatic rings. The SMILES string of the molecule is [C-]#[N+]c1ccc(CC23CC(NC(=O)CO)CN2C(=O)N(c2cc(Cl)cc(Cl)c2)C3=O)cc1. The number of hydrogen-bond donors (Lipinski definition) is 2. The molecule has 0 aliphatic carbocycles. The van der Waals surface area contributed by atoms with Gasteiger partial charge in [-0.05, 0) is 23.8 Å². The first-order valence-corrected chi connectivity index (χ1v) is 10.5. The van der Waals surface area contributed by atoms with Crippen molar-refractivity contribution in [1.29, 1.82) is 0 Å². The highest BCUT2D eigenvalue weighted by Gasteiger charge is 2.62. The molecule has 0 aromatic heterocycles. The van der Waals surface area contributed by atoms with Gasteiger partial charge in [-0.25, -0.2) is 14.5 Å². The van der Waals surface area contributed by atoms with Gasteiger partial charge >= 0.3 is 6.03 Å². The van der Waals surface area contributed by atoms with Crippen molar-refractivity contribution in [2.45, 2.75) is 24.4 Å². The van der Waals surface area contributed by atoms with Gasteiger partial charge in [-0.15, -0.1) is 0 Å². The average Bonchev–Trinajstić information content (AvgIpc) is 3.20. The molecule has 2 N–H and O–H groups in total. The Morgan fingerprint density at radius 1 is 1.19 bits per heavy atom. The molecule has 0 spiro atoms. The van der Waals surface area contributed by atoms with Crippen LogP contribution >= 0.6 is 23.2 Å². The van der Waals surface area contributed by atoms with Gasteiger partial charge in [0.05, 0.1) is 12.3 Å². The van der Waals surface area contributed by atoms with Gasteiger partial charge in [0, 0.05) is 35.5 Å². The van der Waals surface area contributed by atoms with Gasteiger partial charge in [0.15, 0.2) is 5.69 Å². The van der Waals surface area contributed by atoms with Crippen LogP contribution in [0.25, 0.3) is 4.85 Å². The molecule has 10 heteroatoms. The predicted molar refractivity (Wildman–Crippen MR) is 119 cm³/mol. The van der Waals surface area contributed by atoms with Crippen molar-refractivity contribution in [1.82, 2.24) is 10.2 Å².